The number of carbonyl (C=O) groups excluding carboxylic acids is 2. The lowest BCUT2D eigenvalue weighted by molar-refractivity contribution is -0.141. The van der Waals surface area contributed by atoms with Crippen molar-refractivity contribution < 1.29 is 22.7 Å². The minimum absolute atomic E-state index is 0.0492. The van der Waals surface area contributed by atoms with Crippen LogP contribution in [0.3, 0.4) is 0 Å². The van der Waals surface area contributed by atoms with Gasteiger partial charge in [0.25, 0.3) is 5.91 Å². The Bertz CT molecular complexity index is 720. The van der Waals surface area contributed by atoms with Crippen molar-refractivity contribution >= 4 is 21.7 Å². The second-order valence-electron chi connectivity index (χ2n) is 6.32. The zero-order valence-electron chi connectivity index (χ0n) is 14.2. The molecule has 1 atom stereocenters. The molecule has 1 unspecified atom stereocenters. The molecule has 0 saturated carbocycles. The Labute approximate surface area is 142 Å². The average Bonchev–Trinajstić information content (AvgIpc) is 2.54. The van der Waals surface area contributed by atoms with Crippen molar-refractivity contribution in [3.05, 3.63) is 29.8 Å². The molecule has 1 saturated heterocycles. The van der Waals surface area contributed by atoms with E-state index < -0.39 is 21.9 Å². The van der Waals surface area contributed by atoms with Gasteiger partial charge < -0.3 is 9.64 Å². The van der Waals surface area contributed by atoms with Gasteiger partial charge in [-0.15, -0.1) is 0 Å². The summed E-state index contributed by atoms with van der Waals surface area (Å²) in [5.41, 5.74) is -0.0492. The smallest absolute Gasteiger partial charge is 0.340 e. The van der Waals surface area contributed by atoms with E-state index in [0.29, 0.717) is 19.0 Å². The quantitative estimate of drug-likeness (QED) is 0.772. The van der Waals surface area contributed by atoms with Gasteiger partial charge in [0, 0.05) is 19.3 Å². The van der Waals surface area contributed by atoms with Crippen LogP contribution in [0.25, 0.3) is 0 Å². The molecule has 132 valence electrons. The van der Waals surface area contributed by atoms with Crippen molar-refractivity contribution in [2.45, 2.75) is 37.7 Å². The summed E-state index contributed by atoms with van der Waals surface area (Å²) in [5.74, 6) is -0.456. The number of benzene rings is 1. The van der Waals surface area contributed by atoms with Crippen LogP contribution < -0.4 is 0 Å². The van der Waals surface area contributed by atoms with Gasteiger partial charge in [-0.2, -0.15) is 0 Å². The molecular formula is C17H23NO5S. The third-order valence-electron chi connectivity index (χ3n) is 4.23. The van der Waals surface area contributed by atoms with E-state index in [1.165, 1.54) is 25.1 Å². The summed E-state index contributed by atoms with van der Waals surface area (Å²) < 4.78 is 28.8. The van der Waals surface area contributed by atoms with Crippen molar-refractivity contribution in [1.82, 2.24) is 4.90 Å². The predicted molar refractivity (Wildman–Crippen MR) is 89.4 cm³/mol. The minimum atomic E-state index is -3.56. The highest BCUT2D eigenvalue weighted by molar-refractivity contribution is 7.90. The number of ether oxygens (including phenoxy) is 1. The van der Waals surface area contributed by atoms with Gasteiger partial charge in [0.15, 0.2) is 15.9 Å². The lowest BCUT2D eigenvalue weighted by Gasteiger charge is -2.31. The maximum absolute atomic E-state index is 12.4. The number of hydrogen-bond acceptors (Lipinski definition) is 5. The van der Waals surface area contributed by atoms with E-state index in [0.717, 1.165) is 19.1 Å². The van der Waals surface area contributed by atoms with E-state index in [1.807, 2.05) is 0 Å². The zero-order valence-corrected chi connectivity index (χ0v) is 15.0. The van der Waals surface area contributed by atoms with Crippen LogP contribution in [0, 0.1) is 5.92 Å². The third kappa shape index (κ3) is 4.35. The highest BCUT2D eigenvalue weighted by Gasteiger charge is 2.28. The van der Waals surface area contributed by atoms with E-state index >= 15 is 0 Å². The number of rotatable bonds is 4. The van der Waals surface area contributed by atoms with Gasteiger partial charge >= 0.3 is 5.97 Å². The fraction of sp³-hybridized carbons (Fsp3) is 0.529. The Hall–Kier alpha value is -1.89. The van der Waals surface area contributed by atoms with Crippen LogP contribution in [0.5, 0.6) is 0 Å². The van der Waals surface area contributed by atoms with Crippen LogP contribution >= 0.6 is 0 Å². The number of amides is 1. The number of sulfone groups is 1. The van der Waals surface area contributed by atoms with Crippen molar-refractivity contribution in [2.24, 2.45) is 5.92 Å². The van der Waals surface area contributed by atoms with Gasteiger partial charge in [0.1, 0.15) is 0 Å². The fourth-order valence-electron chi connectivity index (χ4n) is 2.72. The first kappa shape index (κ1) is 18.4. The Morgan fingerprint density at radius 2 is 1.79 bits per heavy atom. The highest BCUT2D eigenvalue weighted by atomic mass is 32.2. The zero-order chi connectivity index (χ0) is 17.9. The Kier molecular flexibility index (Phi) is 5.64. The number of carbonyl (C=O) groups is 2. The van der Waals surface area contributed by atoms with Crippen molar-refractivity contribution in [3.63, 3.8) is 0 Å². The van der Waals surface area contributed by atoms with Gasteiger partial charge in [-0.25, -0.2) is 13.2 Å². The second-order valence-corrected chi connectivity index (χ2v) is 8.31. The molecule has 1 aliphatic rings. The average molecular weight is 353 g/mol. The van der Waals surface area contributed by atoms with Crippen LogP contribution in [0.15, 0.2) is 29.2 Å². The summed E-state index contributed by atoms with van der Waals surface area (Å²) >= 11 is 0. The Balaban J connectivity index is 2.08. The monoisotopic (exact) mass is 353 g/mol. The maximum Gasteiger partial charge on any atom is 0.340 e. The molecule has 0 aliphatic carbocycles. The molecule has 1 fully saturated rings. The van der Waals surface area contributed by atoms with E-state index in [1.54, 1.807) is 11.0 Å². The van der Waals surface area contributed by atoms with Crippen molar-refractivity contribution in [2.75, 3.05) is 19.3 Å². The van der Waals surface area contributed by atoms with E-state index in [-0.39, 0.29) is 16.4 Å². The van der Waals surface area contributed by atoms with Crippen LogP contribution in [-0.2, 0) is 19.4 Å². The van der Waals surface area contributed by atoms with Gasteiger partial charge in [-0.05, 0) is 37.8 Å². The summed E-state index contributed by atoms with van der Waals surface area (Å²) in [7, 11) is -3.56. The normalized spacial score (nSPS) is 17.4. The lowest BCUT2D eigenvalue weighted by atomic mass is 9.99. The summed E-state index contributed by atoms with van der Waals surface area (Å²) in [6.45, 7) is 4.97. The molecule has 2 rings (SSSR count). The predicted octanol–water partition coefficient (Wildman–Crippen LogP) is 1.89. The van der Waals surface area contributed by atoms with Crippen LogP contribution in [-0.4, -0.2) is 50.6 Å². The summed E-state index contributed by atoms with van der Waals surface area (Å²) in [5, 5.41) is 0. The first-order valence-corrected chi connectivity index (χ1v) is 9.88. The van der Waals surface area contributed by atoms with Crippen LogP contribution in [0.1, 0.15) is 37.0 Å². The second kappa shape index (κ2) is 7.34. The van der Waals surface area contributed by atoms with Crippen molar-refractivity contribution in [1.29, 1.82) is 0 Å². The van der Waals surface area contributed by atoms with Crippen LogP contribution in [0.2, 0.25) is 0 Å². The fourth-order valence-corrected chi connectivity index (χ4v) is 3.60. The molecule has 0 bridgehead atoms. The number of likely N-dealkylation sites (tertiary alicyclic amines) is 1. The number of hydrogen-bond donors (Lipinski definition) is 0. The minimum Gasteiger partial charge on any atom is -0.449 e. The Morgan fingerprint density at radius 3 is 2.38 bits per heavy atom. The molecule has 1 heterocycles. The molecule has 1 aromatic carbocycles. The van der Waals surface area contributed by atoms with Gasteiger partial charge in [0.2, 0.25) is 0 Å². The standard InChI is InChI=1S/C17H23NO5S/c1-12-8-10-18(11-9-12)16(19)13(2)23-17(20)14-6-4-5-7-15(14)24(3,21)22/h4-7,12-13H,8-11H2,1-3H3. The van der Waals surface area contributed by atoms with Crippen LogP contribution in [0.4, 0.5) is 0 Å². The van der Waals surface area contributed by atoms with E-state index in [4.69, 9.17) is 4.74 Å². The molecule has 6 nitrogen and oxygen atoms in total. The molecular weight excluding hydrogens is 330 g/mol. The number of esters is 1. The molecule has 24 heavy (non-hydrogen) atoms. The van der Waals surface area contributed by atoms with Gasteiger partial charge in [-0.1, -0.05) is 19.1 Å². The summed E-state index contributed by atoms with van der Waals surface area (Å²) in [4.78, 5) is 26.3. The topological polar surface area (TPSA) is 80.8 Å². The maximum atomic E-state index is 12.4. The van der Waals surface area contributed by atoms with Crippen molar-refractivity contribution in [3.8, 4) is 0 Å². The summed E-state index contributed by atoms with van der Waals surface area (Å²) in [6.07, 6.45) is 1.95. The van der Waals surface area contributed by atoms with Gasteiger partial charge in [0.05, 0.1) is 10.5 Å². The molecule has 0 spiro atoms. The molecule has 1 amide bonds. The first-order valence-electron chi connectivity index (χ1n) is 7.99. The number of piperidine rings is 1. The summed E-state index contributed by atoms with van der Waals surface area (Å²) in [6, 6.07) is 5.84. The molecule has 0 aromatic heterocycles. The third-order valence-corrected chi connectivity index (χ3v) is 5.39. The molecule has 7 heteroatoms. The first-order chi connectivity index (χ1) is 11.2. The molecule has 0 N–H and O–H groups in total. The SMILES string of the molecule is CC1CCN(C(=O)C(C)OC(=O)c2ccccc2S(C)(=O)=O)CC1. The van der Waals surface area contributed by atoms with E-state index in [2.05, 4.69) is 6.92 Å². The Morgan fingerprint density at radius 1 is 1.21 bits per heavy atom. The molecule has 1 aromatic rings. The molecule has 0 radical (unpaired) electrons. The number of nitrogens with zero attached hydrogens (tertiary/aromatic N) is 1. The molecule has 1 aliphatic heterocycles. The van der Waals surface area contributed by atoms with E-state index in [9.17, 15) is 18.0 Å². The highest BCUT2D eigenvalue weighted by Crippen LogP contribution is 2.19. The van der Waals surface area contributed by atoms with Gasteiger partial charge in [-0.3, -0.25) is 4.79 Å². The largest absolute Gasteiger partial charge is 0.449 e. The lowest BCUT2D eigenvalue weighted by Crippen LogP contribution is -2.44.